The molecule has 4 rings (SSSR count). The van der Waals surface area contributed by atoms with E-state index in [1.54, 1.807) is 0 Å². The van der Waals surface area contributed by atoms with Gasteiger partial charge in [-0.15, -0.1) is 0 Å². The predicted octanol–water partition coefficient (Wildman–Crippen LogP) is 3.89. The first-order valence-electron chi connectivity index (χ1n) is 10.2. The predicted molar refractivity (Wildman–Crippen MR) is 113 cm³/mol. The number of guanidine groups is 1. The number of hydrogen-bond donors (Lipinski definition) is 1. The molecule has 0 spiro atoms. The molecule has 0 aliphatic carbocycles. The molecule has 0 saturated carbocycles. The van der Waals surface area contributed by atoms with Crippen molar-refractivity contribution in [2.24, 2.45) is 4.99 Å². The first-order valence-corrected chi connectivity index (χ1v) is 10.6. The molecule has 1 fully saturated rings. The number of aromatic nitrogens is 2. The summed E-state index contributed by atoms with van der Waals surface area (Å²) in [4.78, 5) is 22.7. The number of nitrogens with zero attached hydrogens (tertiary/aromatic N) is 4. The van der Waals surface area contributed by atoms with Gasteiger partial charge in [-0.2, -0.15) is 0 Å². The van der Waals surface area contributed by atoms with Crippen LogP contribution in [0.3, 0.4) is 0 Å². The van der Waals surface area contributed by atoms with Gasteiger partial charge in [0.1, 0.15) is 11.8 Å². The van der Waals surface area contributed by atoms with Gasteiger partial charge in [0.15, 0.2) is 0 Å². The van der Waals surface area contributed by atoms with Crippen LogP contribution >= 0.6 is 11.6 Å². The number of amides is 1. The SMILES string of the molecule is CCC1C(=O)NC2=Nc3ccc(OCCCCCCn4ccnc4)c(Cl)c3CN21. The summed E-state index contributed by atoms with van der Waals surface area (Å²) in [7, 11) is 0. The molecular weight excluding hydrogens is 390 g/mol. The number of imidazole rings is 1. The second-order valence-electron chi connectivity index (χ2n) is 7.42. The van der Waals surface area contributed by atoms with E-state index in [9.17, 15) is 4.79 Å². The molecule has 0 bridgehead atoms. The van der Waals surface area contributed by atoms with E-state index < -0.39 is 0 Å². The molecule has 154 valence electrons. The van der Waals surface area contributed by atoms with Crippen molar-refractivity contribution in [3.05, 3.63) is 41.4 Å². The van der Waals surface area contributed by atoms with Crippen molar-refractivity contribution in [3.63, 3.8) is 0 Å². The molecule has 0 radical (unpaired) electrons. The lowest BCUT2D eigenvalue weighted by atomic mass is 10.1. The molecule has 1 atom stereocenters. The average molecular weight is 416 g/mol. The molecule has 3 heterocycles. The van der Waals surface area contributed by atoms with Crippen LogP contribution in [0.25, 0.3) is 0 Å². The maximum atomic E-state index is 12.1. The summed E-state index contributed by atoms with van der Waals surface area (Å²) in [5.74, 6) is 1.31. The number of rotatable bonds is 9. The monoisotopic (exact) mass is 415 g/mol. The number of aryl methyl sites for hydroxylation is 1. The van der Waals surface area contributed by atoms with Gasteiger partial charge in [-0.05, 0) is 31.4 Å². The summed E-state index contributed by atoms with van der Waals surface area (Å²) in [6.07, 6.45) is 10.8. The van der Waals surface area contributed by atoms with Gasteiger partial charge in [-0.3, -0.25) is 10.1 Å². The molecule has 7 nitrogen and oxygen atoms in total. The van der Waals surface area contributed by atoms with Gasteiger partial charge in [0.05, 0.1) is 30.2 Å². The largest absolute Gasteiger partial charge is 0.492 e. The number of fused-ring (bicyclic) bond motifs is 2. The van der Waals surface area contributed by atoms with Gasteiger partial charge in [-0.25, -0.2) is 9.98 Å². The molecule has 2 aliphatic heterocycles. The van der Waals surface area contributed by atoms with E-state index in [4.69, 9.17) is 16.3 Å². The molecule has 1 unspecified atom stereocenters. The van der Waals surface area contributed by atoms with Crippen molar-refractivity contribution >= 4 is 29.2 Å². The molecular formula is C21H26ClN5O2. The number of aliphatic imine (C=N–C) groups is 1. The zero-order valence-corrected chi connectivity index (χ0v) is 17.4. The van der Waals surface area contributed by atoms with Crippen LogP contribution in [0.1, 0.15) is 44.6 Å². The molecule has 2 aliphatic rings. The van der Waals surface area contributed by atoms with Crippen molar-refractivity contribution in [3.8, 4) is 5.75 Å². The van der Waals surface area contributed by atoms with Crippen LogP contribution in [0.2, 0.25) is 5.02 Å². The van der Waals surface area contributed by atoms with E-state index in [0.717, 1.165) is 49.9 Å². The first-order chi connectivity index (χ1) is 14.2. The van der Waals surface area contributed by atoms with E-state index in [-0.39, 0.29) is 11.9 Å². The number of halogens is 1. The molecule has 1 aromatic carbocycles. The van der Waals surface area contributed by atoms with Crippen LogP contribution in [0.4, 0.5) is 5.69 Å². The Kier molecular flexibility index (Phi) is 6.04. The van der Waals surface area contributed by atoms with E-state index >= 15 is 0 Å². The Morgan fingerprint density at radius 1 is 1.28 bits per heavy atom. The van der Waals surface area contributed by atoms with Gasteiger partial charge in [0.25, 0.3) is 0 Å². The Hall–Kier alpha value is -2.54. The third kappa shape index (κ3) is 4.24. The normalized spacial score (nSPS) is 17.6. The summed E-state index contributed by atoms with van der Waals surface area (Å²) < 4.78 is 8.05. The van der Waals surface area contributed by atoms with Crippen LogP contribution in [-0.2, 0) is 17.9 Å². The lowest BCUT2D eigenvalue weighted by Crippen LogP contribution is -2.36. The Bertz CT molecular complexity index is 897. The lowest BCUT2D eigenvalue weighted by molar-refractivity contribution is -0.121. The highest BCUT2D eigenvalue weighted by atomic mass is 35.5. The van der Waals surface area contributed by atoms with Crippen molar-refractivity contribution in [2.45, 2.75) is 58.2 Å². The summed E-state index contributed by atoms with van der Waals surface area (Å²) in [6.45, 7) is 4.21. The van der Waals surface area contributed by atoms with Crippen LogP contribution in [0.15, 0.2) is 35.8 Å². The third-order valence-corrected chi connectivity index (χ3v) is 5.85. The van der Waals surface area contributed by atoms with Gasteiger partial charge in [-0.1, -0.05) is 31.4 Å². The minimum atomic E-state index is -0.190. The highest BCUT2D eigenvalue weighted by molar-refractivity contribution is 6.33. The molecule has 8 heteroatoms. The van der Waals surface area contributed by atoms with E-state index in [0.29, 0.717) is 29.9 Å². The average Bonchev–Trinajstić information content (AvgIpc) is 3.34. The second-order valence-corrected chi connectivity index (χ2v) is 7.79. The zero-order valence-electron chi connectivity index (χ0n) is 16.6. The standard InChI is InChI=1S/C21H26ClN5O2/c1-2-17-20(28)25-21-24-16-7-8-18(19(22)15(16)13-27(17)21)29-12-6-4-3-5-10-26-11-9-23-14-26/h7-9,11,14,17H,2-6,10,12-13H2,1H3,(H,24,25,28). The van der Waals surface area contributed by atoms with Crippen LogP contribution in [0, 0.1) is 0 Å². The van der Waals surface area contributed by atoms with Gasteiger partial charge >= 0.3 is 0 Å². The maximum absolute atomic E-state index is 12.1. The van der Waals surface area contributed by atoms with Crippen molar-refractivity contribution in [1.82, 2.24) is 19.8 Å². The smallest absolute Gasteiger partial charge is 0.249 e. The van der Waals surface area contributed by atoms with Crippen molar-refractivity contribution in [2.75, 3.05) is 6.61 Å². The topological polar surface area (TPSA) is 71.7 Å². The summed E-state index contributed by atoms with van der Waals surface area (Å²) >= 11 is 6.63. The Balaban J connectivity index is 1.28. The number of ether oxygens (including phenoxy) is 1. The fourth-order valence-corrected chi connectivity index (χ4v) is 4.10. The molecule has 2 aromatic rings. The summed E-state index contributed by atoms with van der Waals surface area (Å²) in [6, 6.07) is 3.59. The van der Waals surface area contributed by atoms with Gasteiger partial charge in [0.2, 0.25) is 11.9 Å². The van der Waals surface area contributed by atoms with Crippen LogP contribution in [-0.4, -0.2) is 39.0 Å². The van der Waals surface area contributed by atoms with E-state index in [2.05, 4.69) is 19.9 Å². The number of carbonyl (C=O) groups excluding carboxylic acids is 1. The van der Waals surface area contributed by atoms with Crippen LogP contribution < -0.4 is 10.1 Å². The summed E-state index contributed by atoms with van der Waals surface area (Å²) in [5, 5.41) is 3.45. The number of hydrogen-bond acceptors (Lipinski definition) is 5. The lowest BCUT2D eigenvalue weighted by Gasteiger charge is -2.28. The van der Waals surface area contributed by atoms with Gasteiger partial charge < -0.3 is 14.2 Å². The fourth-order valence-electron chi connectivity index (χ4n) is 3.83. The minimum Gasteiger partial charge on any atom is -0.492 e. The number of nitrogens with one attached hydrogen (secondary N) is 1. The zero-order chi connectivity index (χ0) is 20.2. The Morgan fingerprint density at radius 2 is 2.14 bits per heavy atom. The van der Waals surface area contributed by atoms with Crippen molar-refractivity contribution in [1.29, 1.82) is 0 Å². The number of carbonyl (C=O) groups is 1. The first kappa shape index (κ1) is 19.8. The number of unbranched alkanes of at least 4 members (excludes halogenated alkanes) is 3. The molecule has 1 amide bonds. The molecule has 1 saturated heterocycles. The summed E-state index contributed by atoms with van der Waals surface area (Å²) in [5.41, 5.74) is 1.72. The third-order valence-electron chi connectivity index (χ3n) is 5.44. The highest BCUT2D eigenvalue weighted by Crippen LogP contribution is 2.39. The Morgan fingerprint density at radius 3 is 2.93 bits per heavy atom. The fraction of sp³-hybridized carbons (Fsp3) is 0.476. The highest BCUT2D eigenvalue weighted by Gasteiger charge is 2.38. The van der Waals surface area contributed by atoms with E-state index in [1.165, 1.54) is 0 Å². The Labute approximate surface area is 175 Å². The molecule has 29 heavy (non-hydrogen) atoms. The second kappa shape index (κ2) is 8.86. The quantitative estimate of drug-likeness (QED) is 0.631. The minimum absolute atomic E-state index is 0.000287. The molecule has 1 N–H and O–H groups in total. The van der Waals surface area contributed by atoms with Crippen LogP contribution in [0.5, 0.6) is 5.75 Å². The molecule has 1 aromatic heterocycles. The van der Waals surface area contributed by atoms with E-state index in [1.807, 2.05) is 42.7 Å². The van der Waals surface area contributed by atoms with Gasteiger partial charge in [0, 0.05) is 24.5 Å². The number of benzene rings is 1. The van der Waals surface area contributed by atoms with Crippen molar-refractivity contribution < 1.29 is 9.53 Å². The maximum Gasteiger partial charge on any atom is 0.249 e.